The van der Waals surface area contributed by atoms with E-state index in [2.05, 4.69) is 5.32 Å². The molecule has 0 unspecified atom stereocenters. The van der Waals surface area contributed by atoms with Crippen molar-refractivity contribution in [2.75, 3.05) is 5.32 Å². The summed E-state index contributed by atoms with van der Waals surface area (Å²) < 4.78 is 0. The fourth-order valence-corrected chi connectivity index (χ4v) is 3.32. The molecule has 0 saturated carbocycles. The van der Waals surface area contributed by atoms with Crippen molar-refractivity contribution in [1.82, 2.24) is 0 Å². The summed E-state index contributed by atoms with van der Waals surface area (Å²) in [6, 6.07) is 32.5. The summed E-state index contributed by atoms with van der Waals surface area (Å²) in [5.41, 5.74) is 5.25. The van der Waals surface area contributed by atoms with Crippen LogP contribution in [0.2, 0.25) is 0 Å². The van der Waals surface area contributed by atoms with Gasteiger partial charge in [-0.2, -0.15) is 0 Å². The number of hydrogen-bond acceptors (Lipinski definition) is 2. The minimum atomic E-state index is -0.252. The molecule has 0 radical (unpaired) electrons. The van der Waals surface area contributed by atoms with Gasteiger partial charge in [-0.25, -0.2) is 0 Å². The van der Waals surface area contributed by atoms with E-state index >= 15 is 0 Å². The molecule has 0 saturated heterocycles. The van der Waals surface area contributed by atoms with Gasteiger partial charge in [0, 0.05) is 11.1 Å². The lowest BCUT2D eigenvalue weighted by molar-refractivity contribution is 0.102. The molecule has 3 nitrogen and oxygen atoms in total. The molecule has 0 spiro atoms. The summed E-state index contributed by atoms with van der Waals surface area (Å²) in [7, 11) is 0. The van der Waals surface area contributed by atoms with E-state index in [1.165, 1.54) is 0 Å². The quantitative estimate of drug-likeness (QED) is 0.428. The number of carbonyl (C=O) groups excluding carboxylic acids is 2. The largest absolute Gasteiger partial charge is 0.321 e. The number of hydrogen-bond donors (Lipinski definition) is 1. The Morgan fingerprint density at radius 1 is 0.655 bits per heavy atom. The zero-order valence-corrected chi connectivity index (χ0v) is 15.7. The summed E-state index contributed by atoms with van der Waals surface area (Å²) in [5, 5.41) is 2.93. The van der Waals surface area contributed by atoms with Gasteiger partial charge in [0.1, 0.15) is 0 Å². The molecule has 3 heteroatoms. The average Bonchev–Trinajstić information content (AvgIpc) is 2.80. The Morgan fingerprint density at radius 2 is 1.28 bits per heavy atom. The lowest BCUT2D eigenvalue weighted by Gasteiger charge is -2.13. The second kappa shape index (κ2) is 8.36. The Kier molecular flexibility index (Phi) is 5.30. The molecule has 0 bridgehead atoms. The molecule has 0 fully saturated rings. The summed E-state index contributed by atoms with van der Waals surface area (Å²) in [6.07, 6.45) is 0.757. The van der Waals surface area contributed by atoms with Gasteiger partial charge < -0.3 is 5.32 Å². The number of carbonyl (C=O) groups is 2. The third-order valence-corrected chi connectivity index (χ3v) is 4.79. The monoisotopic (exact) mass is 377 g/mol. The van der Waals surface area contributed by atoms with E-state index in [0.29, 0.717) is 16.8 Å². The molecule has 4 rings (SSSR count). The van der Waals surface area contributed by atoms with Crippen molar-refractivity contribution in [3.8, 4) is 22.3 Å². The predicted molar refractivity (Wildman–Crippen MR) is 117 cm³/mol. The normalized spacial score (nSPS) is 10.3. The SMILES string of the molecule is O=Cc1ccc(-c2ccccc2)cc1NC(=O)c1ccccc1-c1ccccc1. The molecule has 1 amide bonds. The van der Waals surface area contributed by atoms with Crippen molar-refractivity contribution < 1.29 is 9.59 Å². The van der Waals surface area contributed by atoms with Gasteiger partial charge in [0.05, 0.1) is 5.69 Å². The van der Waals surface area contributed by atoms with Crippen LogP contribution in [0.15, 0.2) is 103 Å². The first-order chi connectivity index (χ1) is 14.3. The Hall–Kier alpha value is -3.98. The van der Waals surface area contributed by atoms with Crippen LogP contribution in [-0.2, 0) is 0 Å². The van der Waals surface area contributed by atoms with E-state index in [-0.39, 0.29) is 5.91 Å². The van der Waals surface area contributed by atoms with E-state index in [1.54, 1.807) is 12.1 Å². The maximum Gasteiger partial charge on any atom is 0.256 e. The average molecular weight is 377 g/mol. The second-order valence-corrected chi connectivity index (χ2v) is 6.65. The molecule has 1 N–H and O–H groups in total. The first-order valence-corrected chi connectivity index (χ1v) is 9.37. The van der Waals surface area contributed by atoms with Crippen molar-refractivity contribution in [3.63, 3.8) is 0 Å². The number of rotatable bonds is 5. The standard InChI is InChI=1S/C26H19NO2/c28-18-22-16-15-21(19-9-3-1-4-10-19)17-25(22)27-26(29)24-14-8-7-13-23(24)20-11-5-2-6-12-20/h1-18H,(H,27,29). The fraction of sp³-hybridized carbons (Fsp3) is 0. The lowest BCUT2D eigenvalue weighted by Crippen LogP contribution is -2.14. The summed E-state index contributed by atoms with van der Waals surface area (Å²) in [6.45, 7) is 0. The first kappa shape index (κ1) is 18.4. The van der Waals surface area contributed by atoms with Crippen molar-refractivity contribution in [2.24, 2.45) is 0 Å². The number of benzene rings is 4. The Bertz CT molecular complexity index is 1150. The minimum absolute atomic E-state index is 0.252. The van der Waals surface area contributed by atoms with Crippen molar-refractivity contribution in [3.05, 3.63) is 114 Å². The zero-order chi connectivity index (χ0) is 20.1. The van der Waals surface area contributed by atoms with Crippen LogP contribution in [0, 0.1) is 0 Å². The van der Waals surface area contributed by atoms with Crippen LogP contribution in [0.4, 0.5) is 5.69 Å². The van der Waals surface area contributed by atoms with Crippen LogP contribution in [0.1, 0.15) is 20.7 Å². The van der Waals surface area contributed by atoms with Gasteiger partial charge in [0.15, 0.2) is 6.29 Å². The summed E-state index contributed by atoms with van der Waals surface area (Å²) >= 11 is 0. The first-order valence-electron chi connectivity index (χ1n) is 9.37. The van der Waals surface area contributed by atoms with Gasteiger partial charge in [-0.15, -0.1) is 0 Å². The fourth-order valence-electron chi connectivity index (χ4n) is 3.32. The van der Waals surface area contributed by atoms with Crippen molar-refractivity contribution in [2.45, 2.75) is 0 Å². The molecule has 4 aromatic rings. The van der Waals surface area contributed by atoms with Gasteiger partial charge in [-0.05, 0) is 40.5 Å². The van der Waals surface area contributed by atoms with Gasteiger partial charge >= 0.3 is 0 Å². The highest BCUT2D eigenvalue weighted by atomic mass is 16.1. The van der Waals surface area contributed by atoms with Gasteiger partial charge in [0.2, 0.25) is 0 Å². The molecule has 0 aliphatic carbocycles. The molecule has 140 valence electrons. The summed E-state index contributed by atoms with van der Waals surface area (Å²) in [5.74, 6) is -0.252. The Labute approximate surface area is 169 Å². The molecule has 0 atom stereocenters. The third-order valence-electron chi connectivity index (χ3n) is 4.79. The molecular formula is C26H19NO2. The van der Waals surface area contributed by atoms with Crippen LogP contribution in [0.5, 0.6) is 0 Å². The van der Waals surface area contributed by atoms with E-state index in [1.807, 2.05) is 91.0 Å². The van der Waals surface area contributed by atoms with Crippen LogP contribution < -0.4 is 5.32 Å². The van der Waals surface area contributed by atoms with E-state index < -0.39 is 0 Å². The topological polar surface area (TPSA) is 46.2 Å². The van der Waals surface area contributed by atoms with Crippen LogP contribution in [-0.4, -0.2) is 12.2 Å². The molecule has 0 aromatic heterocycles. The van der Waals surface area contributed by atoms with Gasteiger partial charge in [-0.1, -0.05) is 84.9 Å². The minimum Gasteiger partial charge on any atom is -0.321 e. The van der Waals surface area contributed by atoms with Crippen molar-refractivity contribution >= 4 is 17.9 Å². The molecular weight excluding hydrogens is 358 g/mol. The maximum atomic E-state index is 13.1. The molecule has 0 heterocycles. The number of nitrogens with one attached hydrogen (secondary N) is 1. The number of amides is 1. The zero-order valence-electron chi connectivity index (χ0n) is 15.7. The maximum absolute atomic E-state index is 13.1. The van der Waals surface area contributed by atoms with Gasteiger partial charge in [0.25, 0.3) is 5.91 Å². The Balaban J connectivity index is 1.70. The molecule has 0 aliphatic heterocycles. The molecule has 0 aliphatic rings. The van der Waals surface area contributed by atoms with Crippen molar-refractivity contribution in [1.29, 1.82) is 0 Å². The van der Waals surface area contributed by atoms with E-state index in [9.17, 15) is 9.59 Å². The summed E-state index contributed by atoms with van der Waals surface area (Å²) in [4.78, 5) is 24.6. The Morgan fingerprint density at radius 3 is 1.97 bits per heavy atom. The number of aldehydes is 1. The van der Waals surface area contributed by atoms with E-state index in [4.69, 9.17) is 0 Å². The third kappa shape index (κ3) is 3.99. The van der Waals surface area contributed by atoms with Gasteiger partial charge in [-0.3, -0.25) is 9.59 Å². The highest BCUT2D eigenvalue weighted by molar-refractivity contribution is 6.10. The van der Waals surface area contributed by atoms with E-state index in [0.717, 1.165) is 28.5 Å². The highest BCUT2D eigenvalue weighted by Gasteiger charge is 2.14. The van der Waals surface area contributed by atoms with Crippen LogP contribution in [0.25, 0.3) is 22.3 Å². The smallest absolute Gasteiger partial charge is 0.256 e. The number of anilines is 1. The lowest BCUT2D eigenvalue weighted by atomic mass is 9.98. The van der Waals surface area contributed by atoms with Crippen LogP contribution in [0.3, 0.4) is 0 Å². The van der Waals surface area contributed by atoms with Crippen LogP contribution >= 0.6 is 0 Å². The molecule has 4 aromatic carbocycles. The molecule has 29 heavy (non-hydrogen) atoms. The highest BCUT2D eigenvalue weighted by Crippen LogP contribution is 2.27. The predicted octanol–water partition coefficient (Wildman–Crippen LogP) is 6.09. The second-order valence-electron chi connectivity index (χ2n) is 6.65.